The maximum atomic E-state index is 5.28. The number of hydrogen-bond donors (Lipinski definition) is 1. The van der Waals surface area contributed by atoms with Crippen LogP contribution in [0.25, 0.3) is 0 Å². The monoisotopic (exact) mass is 171 g/mol. The van der Waals surface area contributed by atoms with Gasteiger partial charge in [0, 0.05) is 12.3 Å². The minimum absolute atomic E-state index is 0.271. The van der Waals surface area contributed by atoms with Gasteiger partial charge in [0.15, 0.2) is 0 Å². The Balaban J connectivity index is 3.16. The fourth-order valence-corrected chi connectivity index (χ4v) is 1.32. The maximum Gasteiger partial charge on any atom is 0.0684 e. The average molecular weight is 171 g/mol. The lowest BCUT2D eigenvalue weighted by atomic mass is 10.2. The van der Waals surface area contributed by atoms with Crippen molar-refractivity contribution in [1.82, 2.24) is 5.32 Å². The molecule has 0 amide bonds. The number of nitrogens with one attached hydrogen (secondary N) is 1. The Kier molecular flexibility index (Phi) is 7.88. The van der Waals surface area contributed by atoms with E-state index in [-0.39, 0.29) is 6.04 Å². The summed E-state index contributed by atoms with van der Waals surface area (Å²) in [5, 5.41) is 3.30. The Hall–Kier alpha value is -0.130. The van der Waals surface area contributed by atoms with Gasteiger partial charge >= 0.3 is 0 Å². The van der Waals surface area contributed by atoms with E-state index in [2.05, 4.69) is 25.1 Å². The van der Waals surface area contributed by atoms with Crippen LogP contribution in [-0.4, -0.2) is 24.1 Å². The summed E-state index contributed by atoms with van der Waals surface area (Å²) in [5.74, 6) is 5.06. The molecule has 0 aromatic rings. The minimum atomic E-state index is 0.271. The Bertz CT molecular complexity index is 117. The smallest absolute Gasteiger partial charge is 0.0684 e. The van der Waals surface area contributed by atoms with E-state index in [1.165, 1.54) is 5.75 Å². The second kappa shape index (κ2) is 7.97. The lowest BCUT2D eigenvalue weighted by Crippen LogP contribution is -2.28. The number of thioether (sulfide) groups is 1. The predicted octanol–water partition coefficient (Wildman–Crippen LogP) is 1.74. The second-order valence-corrected chi connectivity index (χ2v) is 3.67. The van der Waals surface area contributed by atoms with Crippen LogP contribution >= 0.6 is 11.8 Å². The van der Waals surface area contributed by atoms with E-state index < -0.39 is 0 Å². The first kappa shape index (κ1) is 10.9. The third kappa shape index (κ3) is 6.28. The molecule has 11 heavy (non-hydrogen) atoms. The highest BCUT2D eigenvalue weighted by molar-refractivity contribution is 7.99. The first-order valence-electron chi connectivity index (χ1n) is 4.12. The lowest BCUT2D eigenvalue weighted by Gasteiger charge is -2.09. The van der Waals surface area contributed by atoms with Crippen LogP contribution in [-0.2, 0) is 0 Å². The maximum absolute atomic E-state index is 5.28. The largest absolute Gasteiger partial charge is 0.303 e. The van der Waals surface area contributed by atoms with Gasteiger partial charge in [-0.05, 0) is 12.2 Å². The molecule has 0 radical (unpaired) electrons. The van der Waals surface area contributed by atoms with E-state index >= 15 is 0 Å². The van der Waals surface area contributed by atoms with E-state index in [4.69, 9.17) is 6.42 Å². The van der Waals surface area contributed by atoms with Gasteiger partial charge in [0.2, 0.25) is 0 Å². The van der Waals surface area contributed by atoms with Crippen molar-refractivity contribution in [3.05, 3.63) is 0 Å². The summed E-state index contributed by atoms with van der Waals surface area (Å²) in [4.78, 5) is 0. The molecule has 0 aromatic heterocycles. The summed E-state index contributed by atoms with van der Waals surface area (Å²) in [5.41, 5.74) is 0. The summed E-state index contributed by atoms with van der Waals surface area (Å²) >= 11 is 1.94. The van der Waals surface area contributed by atoms with Crippen LogP contribution in [0, 0.1) is 12.3 Å². The molecular weight excluding hydrogens is 154 g/mol. The zero-order valence-corrected chi connectivity index (χ0v) is 8.21. The van der Waals surface area contributed by atoms with Crippen molar-refractivity contribution in [2.75, 3.05) is 18.1 Å². The van der Waals surface area contributed by atoms with Crippen LogP contribution in [0.15, 0.2) is 0 Å². The molecule has 0 spiro atoms. The highest BCUT2D eigenvalue weighted by Crippen LogP contribution is 1.96. The van der Waals surface area contributed by atoms with Gasteiger partial charge in [-0.1, -0.05) is 19.8 Å². The molecule has 0 aliphatic carbocycles. The highest BCUT2D eigenvalue weighted by Gasteiger charge is 1.97. The summed E-state index contributed by atoms with van der Waals surface area (Å²) in [6.45, 7) is 5.30. The lowest BCUT2D eigenvalue weighted by molar-refractivity contribution is 0.618. The molecule has 1 nitrogen and oxygen atoms in total. The van der Waals surface area contributed by atoms with Gasteiger partial charge in [-0.25, -0.2) is 0 Å². The van der Waals surface area contributed by atoms with Crippen LogP contribution in [0.2, 0.25) is 0 Å². The van der Waals surface area contributed by atoms with Crippen LogP contribution < -0.4 is 5.32 Å². The predicted molar refractivity (Wildman–Crippen MR) is 53.9 cm³/mol. The van der Waals surface area contributed by atoms with E-state index in [0.29, 0.717) is 0 Å². The molecule has 0 aliphatic rings. The van der Waals surface area contributed by atoms with E-state index in [1.54, 1.807) is 0 Å². The summed E-state index contributed by atoms with van der Waals surface area (Å²) in [7, 11) is 0. The Morgan fingerprint density at radius 1 is 1.55 bits per heavy atom. The van der Waals surface area contributed by atoms with Gasteiger partial charge in [-0.3, -0.25) is 0 Å². The van der Waals surface area contributed by atoms with Gasteiger partial charge in [-0.15, -0.1) is 6.42 Å². The molecule has 64 valence electrons. The Labute approximate surface area is 74.3 Å². The third-order valence-electron chi connectivity index (χ3n) is 1.45. The van der Waals surface area contributed by atoms with Crippen LogP contribution in [0.1, 0.15) is 20.3 Å². The fraction of sp³-hybridized carbons (Fsp3) is 0.778. The van der Waals surface area contributed by atoms with Crippen molar-refractivity contribution in [3.63, 3.8) is 0 Å². The molecule has 2 heteroatoms. The number of hydrogen-bond acceptors (Lipinski definition) is 2. The molecule has 0 saturated heterocycles. The summed E-state index contributed by atoms with van der Waals surface area (Å²) < 4.78 is 0. The quantitative estimate of drug-likeness (QED) is 0.482. The molecule has 0 saturated carbocycles. The second-order valence-electron chi connectivity index (χ2n) is 2.28. The first-order chi connectivity index (χ1) is 5.35. The van der Waals surface area contributed by atoms with Gasteiger partial charge < -0.3 is 5.32 Å². The zero-order chi connectivity index (χ0) is 8.53. The molecule has 0 bridgehead atoms. The van der Waals surface area contributed by atoms with Gasteiger partial charge in [0.1, 0.15) is 0 Å². The van der Waals surface area contributed by atoms with E-state index in [0.717, 1.165) is 18.7 Å². The van der Waals surface area contributed by atoms with Crippen LogP contribution in [0.5, 0.6) is 0 Å². The Morgan fingerprint density at radius 2 is 2.27 bits per heavy atom. The molecule has 0 fully saturated rings. The molecular formula is C9H17NS. The zero-order valence-electron chi connectivity index (χ0n) is 7.39. The molecule has 0 rings (SSSR count). The number of rotatable bonds is 6. The summed E-state index contributed by atoms with van der Waals surface area (Å²) in [6.07, 6.45) is 6.30. The van der Waals surface area contributed by atoms with Crippen molar-refractivity contribution in [2.24, 2.45) is 0 Å². The normalized spacial score (nSPS) is 12.5. The molecule has 1 N–H and O–H groups in total. The van der Waals surface area contributed by atoms with Crippen LogP contribution in [0.4, 0.5) is 0 Å². The Morgan fingerprint density at radius 3 is 2.73 bits per heavy atom. The molecule has 1 atom stereocenters. The fourth-order valence-electron chi connectivity index (χ4n) is 0.771. The van der Waals surface area contributed by atoms with Gasteiger partial charge in [0.05, 0.1) is 6.04 Å². The molecule has 0 aromatic carbocycles. The first-order valence-corrected chi connectivity index (χ1v) is 5.27. The van der Waals surface area contributed by atoms with Crippen molar-refractivity contribution >= 4 is 11.8 Å². The summed E-state index contributed by atoms with van der Waals surface area (Å²) in [6, 6.07) is 0.271. The minimum Gasteiger partial charge on any atom is -0.303 e. The van der Waals surface area contributed by atoms with E-state index in [1.807, 2.05) is 11.8 Å². The van der Waals surface area contributed by atoms with Crippen LogP contribution in [0.3, 0.4) is 0 Å². The molecule has 0 aliphatic heterocycles. The van der Waals surface area contributed by atoms with Gasteiger partial charge in [0.25, 0.3) is 0 Å². The van der Waals surface area contributed by atoms with Crippen molar-refractivity contribution in [1.29, 1.82) is 0 Å². The van der Waals surface area contributed by atoms with Crippen molar-refractivity contribution in [3.8, 4) is 12.3 Å². The SMILES string of the molecule is C#CC(CC)NCCSCC. The van der Waals surface area contributed by atoms with E-state index in [9.17, 15) is 0 Å². The van der Waals surface area contributed by atoms with Crippen molar-refractivity contribution < 1.29 is 0 Å². The molecule has 1 unspecified atom stereocenters. The topological polar surface area (TPSA) is 12.0 Å². The average Bonchev–Trinajstić information content (AvgIpc) is 2.05. The highest BCUT2D eigenvalue weighted by atomic mass is 32.2. The third-order valence-corrected chi connectivity index (χ3v) is 2.35. The van der Waals surface area contributed by atoms with Crippen molar-refractivity contribution in [2.45, 2.75) is 26.3 Å². The standard InChI is InChI=1S/C9H17NS/c1-4-9(5-2)10-7-8-11-6-3/h1,9-10H,5-8H2,2-3H3. The molecule has 0 heterocycles. The number of terminal acetylenes is 1. The van der Waals surface area contributed by atoms with Gasteiger partial charge in [-0.2, -0.15) is 11.8 Å².